The molecule has 5 heteroatoms. The van der Waals surface area contributed by atoms with Crippen molar-refractivity contribution in [3.05, 3.63) is 0 Å². The van der Waals surface area contributed by atoms with Crippen LogP contribution in [-0.2, 0) is 14.3 Å². The summed E-state index contributed by atoms with van der Waals surface area (Å²) < 4.78 is 11.5. The van der Waals surface area contributed by atoms with Gasteiger partial charge in [-0.3, -0.25) is 4.79 Å². The van der Waals surface area contributed by atoms with Gasteiger partial charge in [-0.15, -0.1) is 0 Å². The standard InChI is InChI=1S/C15H29NO4/c1-5-16-15(4,14(17)18)7-6-8-19-13-9-11(2)20-12(3)10-13/h11-13,16H,5-10H2,1-4H3,(H,17,18). The predicted octanol–water partition coefficient (Wildman–Crippen LogP) is 2.19. The zero-order valence-electron chi connectivity index (χ0n) is 13.1. The maximum atomic E-state index is 11.3. The van der Waals surface area contributed by atoms with Crippen LogP contribution >= 0.6 is 0 Å². The second-order valence-corrected chi connectivity index (χ2v) is 5.99. The number of carboxylic acids is 1. The zero-order valence-corrected chi connectivity index (χ0v) is 13.1. The summed E-state index contributed by atoms with van der Waals surface area (Å²) in [7, 11) is 0. The van der Waals surface area contributed by atoms with Crippen molar-refractivity contribution in [3.63, 3.8) is 0 Å². The first kappa shape index (κ1) is 17.4. The van der Waals surface area contributed by atoms with Crippen molar-refractivity contribution in [2.24, 2.45) is 0 Å². The Kier molecular flexibility index (Phi) is 6.92. The number of ether oxygens (including phenoxy) is 2. The highest BCUT2D eigenvalue weighted by atomic mass is 16.5. The molecule has 1 aliphatic heterocycles. The lowest BCUT2D eigenvalue weighted by atomic mass is 9.96. The number of rotatable bonds is 8. The van der Waals surface area contributed by atoms with Gasteiger partial charge in [0.15, 0.2) is 0 Å². The molecule has 0 saturated carbocycles. The lowest BCUT2D eigenvalue weighted by molar-refractivity contribution is -0.144. The van der Waals surface area contributed by atoms with E-state index in [2.05, 4.69) is 19.2 Å². The lowest BCUT2D eigenvalue weighted by Gasteiger charge is -2.32. The van der Waals surface area contributed by atoms with E-state index >= 15 is 0 Å². The average molecular weight is 287 g/mol. The van der Waals surface area contributed by atoms with Crippen LogP contribution in [0.3, 0.4) is 0 Å². The molecule has 5 nitrogen and oxygen atoms in total. The van der Waals surface area contributed by atoms with Gasteiger partial charge >= 0.3 is 5.97 Å². The summed E-state index contributed by atoms with van der Waals surface area (Å²) in [5.41, 5.74) is -0.853. The minimum Gasteiger partial charge on any atom is -0.480 e. The third-order valence-corrected chi connectivity index (χ3v) is 3.87. The molecule has 0 radical (unpaired) electrons. The SMILES string of the molecule is CCNC(C)(CCCOC1CC(C)OC(C)C1)C(=O)O. The summed E-state index contributed by atoms with van der Waals surface area (Å²) >= 11 is 0. The number of carbonyl (C=O) groups is 1. The average Bonchev–Trinajstić information content (AvgIpc) is 2.33. The van der Waals surface area contributed by atoms with Crippen LogP contribution in [0.2, 0.25) is 0 Å². The fourth-order valence-corrected chi connectivity index (χ4v) is 2.82. The van der Waals surface area contributed by atoms with Crippen molar-refractivity contribution in [1.29, 1.82) is 0 Å². The maximum Gasteiger partial charge on any atom is 0.323 e. The van der Waals surface area contributed by atoms with E-state index in [1.165, 1.54) is 0 Å². The summed E-state index contributed by atoms with van der Waals surface area (Å²) in [6.07, 6.45) is 3.90. The first-order chi connectivity index (χ1) is 9.37. The van der Waals surface area contributed by atoms with Gasteiger partial charge in [-0.1, -0.05) is 6.92 Å². The van der Waals surface area contributed by atoms with Gasteiger partial charge in [0.1, 0.15) is 5.54 Å². The van der Waals surface area contributed by atoms with E-state index < -0.39 is 11.5 Å². The van der Waals surface area contributed by atoms with Gasteiger partial charge in [0, 0.05) is 6.61 Å². The van der Waals surface area contributed by atoms with E-state index in [1.807, 2.05) is 6.92 Å². The molecule has 1 saturated heterocycles. The van der Waals surface area contributed by atoms with E-state index in [9.17, 15) is 9.90 Å². The summed E-state index contributed by atoms with van der Waals surface area (Å²) in [4.78, 5) is 11.3. The van der Waals surface area contributed by atoms with Gasteiger partial charge in [0.05, 0.1) is 18.3 Å². The molecule has 3 unspecified atom stereocenters. The van der Waals surface area contributed by atoms with E-state index in [0.717, 1.165) is 19.3 Å². The summed E-state index contributed by atoms with van der Waals surface area (Å²) in [5, 5.41) is 12.3. The normalized spacial score (nSPS) is 29.9. The third kappa shape index (κ3) is 5.38. The number of hydrogen-bond donors (Lipinski definition) is 2. The van der Waals surface area contributed by atoms with Crippen LogP contribution < -0.4 is 5.32 Å². The van der Waals surface area contributed by atoms with Crippen molar-refractivity contribution in [2.75, 3.05) is 13.2 Å². The van der Waals surface area contributed by atoms with E-state index in [-0.39, 0.29) is 18.3 Å². The quantitative estimate of drug-likeness (QED) is 0.670. The Labute approximate surface area is 122 Å². The summed E-state index contributed by atoms with van der Waals surface area (Å²) in [6, 6.07) is 0. The number of likely N-dealkylation sites (N-methyl/N-ethyl adjacent to an activating group) is 1. The van der Waals surface area contributed by atoms with Crippen LogP contribution in [0, 0.1) is 0 Å². The fourth-order valence-electron chi connectivity index (χ4n) is 2.82. The summed E-state index contributed by atoms with van der Waals surface area (Å²) in [6.45, 7) is 9.05. The smallest absolute Gasteiger partial charge is 0.323 e. The van der Waals surface area contributed by atoms with Gasteiger partial charge in [-0.25, -0.2) is 0 Å². The molecule has 0 bridgehead atoms. The predicted molar refractivity (Wildman–Crippen MR) is 77.9 cm³/mol. The summed E-state index contributed by atoms with van der Waals surface area (Å²) in [5.74, 6) is -0.798. The Morgan fingerprint density at radius 2 is 2.00 bits per heavy atom. The molecular weight excluding hydrogens is 258 g/mol. The van der Waals surface area contributed by atoms with Crippen LogP contribution in [0.1, 0.15) is 53.4 Å². The third-order valence-electron chi connectivity index (χ3n) is 3.87. The van der Waals surface area contributed by atoms with Gasteiger partial charge < -0.3 is 19.9 Å². The first-order valence-electron chi connectivity index (χ1n) is 7.63. The molecule has 20 heavy (non-hydrogen) atoms. The molecule has 2 N–H and O–H groups in total. The molecule has 0 aromatic carbocycles. The fraction of sp³-hybridized carbons (Fsp3) is 0.933. The first-order valence-corrected chi connectivity index (χ1v) is 7.63. The molecule has 1 rings (SSSR count). The molecule has 1 aliphatic rings. The van der Waals surface area contributed by atoms with Crippen LogP contribution in [0.15, 0.2) is 0 Å². The molecule has 3 atom stereocenters. The molecule has 0 spiro atoms. The Morgan fingerprint density at radius 1 is 1.40 bits per heavy atom. The highest BCUT2D eigenvalue weighted by Crippen LogP contribution is 2.22. The second-order valence-electron chi connectivity index (χ2n) is 5.99. The second kappa shape index (κ2) is 7.96. The van der Waals surface area contributed by atoms with Crippen molar-refractivity contribution in [2.45, 2.75) is 77.2 Å². The zero-order chi connectivity index (χ0) is 15.2. The van der Waals surface area contributed by atoms with E-state index in [4.69, 9.17) is 9.47 Å². The lowest BCUT2D eigenvalue weighted by Crippen LogP contribution is -2.49. The molecule has 1 heterocycles. The largest absolute Gasteiger partial charge is 0.480 e. The van der Waals surface area contributed by atoms with Crippen molar-refractivity contribution in [3.8, 4) is 0 Å². The van der Waals surface area contributed by atoms with Gasteiger partial charge in [0.25, 0.3) is 0 Å². The number of nitrogens with one attached hydrogen (secondary N) is 1. The number of aliphatic carboxylic acids is 1. The Balaban J connectivity index is 2.28. The van der Waals surface area contributed by atoms with E-state index in [0.29, 0.717) is 19.6 Å². The minimum absolute atomic E-state index is 0.240. The van der Waals surface area contributed by atoms with Crippen LogP contribution in [0.25, 0.3) is 0 Å². The highest BCUT2D eigenvalue weighted by Gasteiger charge is 2.31. The molecule has 118 valence electrons. The molecule has 0 aromatic rings. The number of hydrogen-bond acceptors (Lipinski definition) is 4. The van der Waals surface area contributed by atoms with Crippen LogP contribution in [-0.4, -0.2) is 48.1 Å². The van der Waals surface area contributed by atoms with E-state index in [1.54, 1.807) is 6.92 Å². The topological polar surface area (TPSA) is 67.8 Å². The van der Waals surface area contributed by atoms with Gasteiger partial charge in [0.2, 0.25) is 0 Å². The molecule has 0 amide bonds. The monoisotopic (exact) mass is 287 g/mol. The minimum atomic E-state index is -0.853. The molecule has 0 aliphatic carbocycles. The Bertz CT molecular complexity index is 300. The van der Waals surface area contributed by atoms with Crippen LogP contribution in [0.5, 0.6) is 0 Å². The molecule has 1 fully saturated rings. The van der Waals surface area contributed by atoms with Gasteiger partial charge in [-0.05, 0) is 53.0 Å². The van der Waals surface area contributed by atoms with Gasteiger partial charge in [-0.2, -0.15) is 0 Å². The number of carboxylic acid groups (broad SMARTS) is 1. The molecular formula is C15H29NO4. The Hall–Kier alpha value is -0.650. The highest BCUT2D eigenvalue weighted by molar-refractivity contribution is 5.78. The van der Waals surface area contributed by atoms with Crippen molar-refractivity contribution in [1.82, 2.24) is 5.32 Å². The van der Waals surface area contributed by atoms with Crippen LogP contribution in [0.4, 0.5) is 0 Å². The van der Waals surface area contributed by atoms with Crippen molar-refractivity contribution >= 4 is 5.97 Å². The Morgan fingerprint density at radius 3 is 2.50 bits per heavy atom. The maximum absolute atomic E-state index is 11.3. The molecule has 0 aromatic heterocycles. The van der Waals surface area contributed by atoms with Crippen molar-refractivity contribution < 1.29 is 19.4 Å².